The second-order valence-electron chi connectivity index (χ2n) is 4.48. The lowest BCUT2D eigenvalue weighted by Crippen LogP contribution is -2.59. The number of unbranched alkanes of at least 4 members (excludes halogenated alkanes) is 1. The number of methoxy groups -OCH3 is 1. The van der Waals surface area contributed by atoms with Crippen molar-refractivity contribution in [3.63, 3.8) is 0 Å². The Hall–Kier alpha value is -0.160. The summed E-state index contributed by atoms with van der Waals surface area (Å²) in [5.41, 5.74) is 0. The number of likely N-dealkylation sites (N-methyl/N-ethyl adjacent to an activating group) is 1. The van der Waals surface area contributed by atoms with Gasteiger partial charge in [0.25, 0.3) is 0 Å². The summed E-state index contributed by atoms with van der Waals surface area (Å²) in [5.74, 6) is 0. The van der Waals surface area contributed by atoms with Gasteiger partial charge in [0.15, 0.2) is 0 Å². The molecule has 4 heteroatoms. The van der Waals surface area contributed by atoms with Crippen molar-refractivity contribution in [3.05, 3.63) is 0 Å². The van der Waals surface area contributed by atoms with Gasteiger partial charge < -0.3 is 19.5 Å². The molecule has 0 radical (unpaired) electrons. The summed E-state index contributed by atoms with van der Waals surface area (Å²) in [6.45, 7) is 7.47. The van der Waals surface area contributed by atoms with Gasteiger partial charge in [0.2, 0.25) is 0 Å². The van der Waals surface area contributed by atoms with Crippen LogP contribution in [0.2, 0.25) is 0 Å². The lowest BCUT2D eigenvalue weighted by atomic mass is 9.85. The van der Waals surface area contributed by atoms with Crippen LogP contribution in [-0.4, -0.2) is 51.7 Å². The third-order valence-corrected chi connectivity index (χ3v) is 3.19. The minimum atomic E-state index is 0.200. The number of hydrogen-bond acceptors (Lipinski definition) is 4. The maximum Gasteiger partial charge on any atom is 0.0986 e. The van der Waals surface area contributed by atoms with Gasteiger partial charge in [-0.3, -0.25) is 0 Å². The molecule has 1 aliphatic carbocycles. The van der Waals surface area contributed by atoms with Gasteiger partial charge in [0.1, 0.15) is 0 Å². The average molecular weight is 245 g/mol. The summed E-state index contributed by atoms with van der Waals surface area (Å²) in [5, 5.41) is 3.40. The Morgan fingerprint density at radius 1 is 1.18 bits per heavy atom. The van der Waals surface area contributed by atoms with E-state index in [1.807, 2.05) is 0 Å². The smallest absolute Gasteiger partial charge is 0.0986 e. The van der Waals surface area contributed by atoms with Gasteiger partial charge in [-0.1, -0.05) is 20.3 Å². The van der Waals surface area contributed by atoms with Crippen molar-refractivity contribution < 1.29 is 14.2 Å². The summed E-state index contributed by atoms with van der Waals surface area (Å²) < 4.78 is 16.6. The predicted octanol–water partition coefficient (Wildman–Crippen LogP) is 1.59. The fraction of sp³-hybridized carbons (Fsp3) is 1.00. The molecule has 0 aromatic heterocycles. The Morgan fingerprint density at radius 3 is 2.65 bits per heavy atom. The van der Waals surface area contributed by atoms with Gasteiger partial charge in [0, 0.05) is 19.8 Å². The molecule has 1 N–H and O–H groups in total. The summed E-state index contributed by atoms with van der Waals surface area (Å²) >= 11 is 0. The first kappa shape index (κ1) is 14.9. The van der Waals surface area contributed by atoms with E-state index in [0.29, 0.717) is 19.3 Å². The molecule has 1 aliphatic rings. The van der Waals surface area contributed by atoms with Crippen LogP contribution >= 0.6 is 0 Å². The van der Waals surface area contributed by atoms with E-state index in [0.717, 1.165) is 26.0 Å². The first-order valence-electron chi connectivity index (χ1n) is 6.79. The molecule has 3 atom stereocenters. The number of hydrogen-bond donors (Lipinski definition) is 1. The summed E-state index contributed by atoms with van der Waals surface area (Å²) in [7, 11) is 1.75. The van der Waals surface area contributed by atoms with Crippen LogP contribution in [0.3, 0.4) is 0 Å². The van der Waals surface area contributed by atoms with Crippen LogP contribution in [0, 0.1) is 0 Å². The molecule has 0 amide bonds. The largest absolute Gasteiger partial charge is 0.379 e. The Labute approximate surface area is 105 Å². The molecule has 0 spiro atoms. The second-order valence-corrected chi connectivity index (χ2v) is 4.48. The molecular weight excluding hydrogens is 218 g/mol. The zero-order chi connectivity index (χ0) is 12.5. The summed E-state index contributed by atoms with van der Waals surface area (Å²) in [6, 6.07) is 0.455. The van der Waals surface area contributed by atoms with Crippen molar-refractivity contribution in [1.82, 2.24) is 5.32 Å². The van der Waals surface area contributed by atoms with Crippen molar-refractivity contribution in [3.8, 4) is 0 Å². The van der Waals surface area contributed by atoms with E-state index in [2.05, 4.69) is 19.2 Å². The Bertz CT molecular complexity index is 190. The highest BCUT2D eigenvalue weighted by atomic mass is 16.6. The van der Waals surface area contributed by atoms with E-state index in [9.17, 15) is 0 Å². The summed E-state index contributed by atoms with van der Waals surface area (Å²) in [4.78, 5) is 0. The van der Waals surface area contributed by atoms with E-state index in [1.54, 1.807) is 7.11 Å². The van der Waals surface area contributed by atoms with Crippen molar-refractivity contribution in [2.45, 2.75) is 51.4 Å². The van der Waals surface area contributed by atoms with Crippen molar-refractivity contribution >= 4 is 0 Å². The van der Waals surface area contributed by atoms with Crippen LogP contribution in [0.1, 0.15) is 33.1 Å². The van der Waals surface area contributed by atoms with E-state index in [1.165, 1.54) is 6.42 Å². The van der Waals surface area contributed by atoms with Gasteiger partial charge in [-0.25, -0.2) is 0 Å². The van der Waals surface area contributed by atoms with Crippen LogP contribution in [0.4, 0.5) is 0 Å². The molecule has 17 heavy (non-hydrogen) atoms. The van der Waals surface area contributed by atoms with Gasteiger partial charge in [-0.05, 0) is 19.4 Å². The minimum Gasteiger partial charge on any atom is -0.379 e. The molecule has 0 aliphatic heterocycles. The van der Waals surface area contributed by atoms with Crippen molar-refractivity contribution in [2.75, 3.05) is 33.5 Å². The van der Waals surface area contributed by atoms with Crippen LogP contribution in [0.25, 0.3) is 0 Å². The molecule has 4 nitrogen and oxygen atoms in total. The molecule has 1 rings (SSSR count). The van der Waals surface area contributed by atoms with Gasteiger partial charge in [-0.2, -0.15) is 0 Å². The Kier molecular flexibility index (Phi) is 7.77. The molecule has 0 saturated heterocycles. The molecule has 0 aromatic rings. The van der Waals surface area contributed by atoms with Gasteiger partial charge in [0.05, 0.1) is 25.4 Å². The van der Waals surface area contributed by atoms with Crippen LogP contribution < -0.4 is 5.32 Å². The SMILES string of the molecule is CCCCOCCOC1CC(NCC)C1OC. The highest BCUT2D eigenvalue weighted by molar-refractivity contribution is 4.96. The Morgan fingerprint density at radius 2 is 2.00 bits per heavy atom. The average Bonchev–Trinajstić information content (AvgIpc) is 2.31. The summed E-state index contributed by atoms with van der Waals surface area (Å²) in [6.07, 6.45) is 3.79. The minimum absolute atomic E-state index is 0.200. The number of rotatable bonds is 10. The van der Waals surface area contributed by atoms with Gasteiger partial charge in [-0.15, -0.1) is 0 Å². The molecule has 3 unspecified atom stereocenters. The second kappa shape index (κ2) is 8.86. The van der Waals surface area contributed by atoms with E-state index < -0.39 is 0 Å². The highest BCUT2D eigenvalue weighted by Gasteiger charge is 2.41. The number of ether oxygens (including phenoxy) is 3. The normalized spacial score (nSPS) is 28.1. The van der Waals surface area contributed by atoms with Crippen molar-refractivity contribution in [2.24, 2.45) is 0 Å². The third-order valence-electron chi connectivity index (χ3n) is 3.19. The van der Waals surface area contributed by atoms with Gasteiger partial charge >= 0.3 is 0 Å². The lowest BCUT2D eigenvalue weighted by Gasteiger charge is -2.43. The predicted molar refractivity (Wildman–Crippen MR) is 68.3 cm³/mol. The molecule has 1 fully saturated rings. The van der Waals surface area contributed by atoms with Crippen LogP contribution in [-0.2, 0) is 14.2 Å². The monoisotopic (exact) mass is 245 g/mol. The topological polar surface area (TPSA) is 39.7 Å². The highest BCUT2D eigenvalue weighted by Crippen LogP contribution is 2.26. The fourth-order valence-electron chi connectivity index (χ4n) is 2.13. The molecule has 0 bridgehead atoms. The molecule has 1 saturated carbocycles. The first-order chi connectivity index (χ1) is 8.33. The molecular formula is C13H27NO3. The fourth-order valence-corrected chi connectivity index (χ4v) is 2.13. The first-order valence-corrected chi connectivity index (χ1v) is 6.79. The molecule has 0 aromatic carbocycles. The lowest BCUT2D eigenvalue weighted by molar-refractivity contribution is -0.140. The van der Waals surface area contributed by atoms with Crippen LogP contribution in [0.5, 0.6) is 0 Å². The maximum absolute atomic E-state index is 5.75. The van der Waals surface area contributed by atoms with E-state index >= 15 is 0 Å². The van der Waals surface area contributed by atoms with Crippen LogP contribution in [0.15, 0.2) is 0 Å². The maximum atomic E-state index is 5.75. The standard InChI is InChI=1S/C13H27NO3/c1-4-6-7-16-8-9-17-12-10-11(14-5-2)13(12)15-3/h11-14H,4-10H2,1-3H3. The zero-order valence-corrected chi connectivity index (χ0v) is 11.4. The molecule has 0 heterocycles. The quantitative estimate of drug-likeness (QED) is 0.593. The zero-order valence-electron chi connectivity index (χ0n) is 11.4. The molecule has 102 valence electrons. The number of nitrogens with one attached hydrogen (secondary N) is 1. The third kappa shape index (κ3) is 4.92. The Balaban J connectivity index is 2.00. The van der Waals surface area contributed by atoms with E-state index in [-0.39, 0.29) is 12.2 Å². The van der Waals surface area contributed by atoms with E-state index in [4.69, 9.17) is 14.2 Å². The van der Waals surface area contributed by atoms with Crippen molar-refractivity contribution in [1.29, 1.82) is 0 Å².